The smallest absolute Gasteiger partial charge is 0.313 e. The lowest BCUT2D eigenvalue weighted by Gasteiger charge is -2.09. The van der Waals surface area contributed by atoms with Gasteiger partial charge in [-0.05, 0) is 25.3 Å². The summed E-state index contributed by atoms with van der Waals surface area (Å²) in [5.74, 6) is -0.317. The van der Waals surface area contributed by atoms with Crippen molar-refractivity contribution in [3.05, 3.63) is 21.4 Å². The summed E-state index contributed by atoms with van der Waals surface area (Å²) in [6.45, 7) is 2.24. The Hall–Kier alpha value is -1.27. The van der Waals surface area contributed by atoms with Crippen molar-refractivity contribution < 1.29 is 9.53 Å². The number of esters is 1. The average Bonchev–Trinajstić information content (AvgIpc) is 2.87. The zero-order chi connectivity index (χ0) is 12.7. The van der Waals surface area contributed by atoms with E-state index in [4.69, 9.17) is 17.0 Å². The average molecular weight is 280 g/mol. The van der Waals surface area contributed by atoms with Crippen molar-refractivity contribution in [1.82, 2.24) is 9.97 Å². The van der Waals surface area contributed by atoms with Crippen LogP contribution in [-0.2, 0) is 16.0 Å². The number of fused-ring (bicyclic) bond motifs is 3. The second kappa shape index (κ2) is 4.44. The highest BCUT2D eigenvalue weighted by molar-refractivity contribution is 7.71. The maximum atomic E-state index is 12.0. The van der Waals surface area contributed by atoms with Crippen LogP contribution in [0.1, 0.15) is 29.7 Å². The van der Waals surface area contributed by atoms with Gasteiger partial charge >= 0.3 is 5.97 Å². The number of carbonyl (C=O) groups is 1. The van der Waals surface area contributed by atoms with Crippen LogP contribution in [0.4, 0.5) is 0 Å². The maximum Gasteiger partial charge on any atom is 0.313 e. The van der Waals surface area contributed by atoms with Gasteiger partial charge in [-0.15, -0.1) is 11.3 Å². The number of nitrogens with zero attached hydrogens (tertiary/aromatic N) is 1. The predicted octanol–water partition coefficient (Wildman–Crippen LogP) is 2.95. The molecule has 0 saturated heterocycles. The molecule has 0 unspecified atom stereocenters. The van der Waals surface area contributed by atoms with Gasteiger partial charge in [0, 0.05) is 4.88 Å². The summed E-state index contributed by atoms with van der Waals surface area (Å²) in [5.41, 5.74) is 1.04. The molecule has 0 aromatic carbocycles. The Balaban J connectivity index is 2.17. The first-order chi connectivity index (χ1) is 8.72. The zero-order valence-electron chi connectivity index (χ0n) is 9.86. The van der Waals surface area contributed by atoms with Crippen LogP contribution in [0.15, 0.2) is 6.33 Å². The van der Waals surface area contributed by atoms with Gasteiger partial charge in [0.15, 0.2) is 0 Å². The minimum Gasteiger partial charge on any atom is -0.466 e. The van der Waals surface area contributed by atoms with Crippen LogP contribution in [0.5, 0.6) is 0 Å². The Kier molecular flexibility index (Phi) is 2.91. The second-order valence-electron chi connectivity index (χ2n) is 4.19. The molecular weight excluding hydrogens is 268 g/mol. The number of ether oxygens (including phenoxy) is 1. The van der Waals surface area contributed by atoms with Crippen LogP contribution in [0.25, 0.3) is 10.2 Å². The SMILES string of the molecule is CCOC(=O)[C@@H]1CCc2sc3nc[nH]c(=S)c3c21. The molecule has 1 N–H and O–H groups in total. The van der Waals surface area contributed by atoms with Gasteiger partial charge in [0.25, 0.3) is 0 Å². The van der Waals surface area contributed by atoms with E-state index in [1.807, 2.05) is 6.92 Å². The molecule has 2 aromatic heterocycles. The van der Waals surface area contributed by atoms with Crippen molar-refractivity contribution in [1.29, 1.82) is 0 Å². The number of hydrogen-bond acceptors (Lipinski definition) is 5. The first-order valence-electron chi connectivity index (χ1n) is 5.88. The number of nitrogens with one attached hydrogen (secondary N) is 1. The lowest BCUT2D eigenvalue weighted by atomic mass is 10.0. The summed E-state index contributed by atoms with van der Waals surface area (Å²) in [6, 6.07) is 0. The summed E-state index contributed by atoms with van der Waals surface area (Å²) >= 11 is 6.95. The minimum absolute atomic E-state index is 0.144. The Morgan fingerprint density at radius 1 is 1.72 bits per heavy atom. The molecule has 2 aromatic rings. The van der Waals surface area contributed by atoms with E-state index in [1.54, 1.807) is 17.7 Å². The standard InChI is InChI=1S/C12H12N2O2S2/c1-2-16-12(15)6-3-4-7-8(6)9-10(17)13-5-14-11(9)18-7/h5-6H,2-4H2,1H3,(H,13,14,17)/t6-/m1/s1. The van der Waals surface area contributed by atoms with Crippen molar-refractivity contribution in [2.24, 2.45) is 0 Å². The van der Waals surface area contributed by atoms with E-state index in [0.717, 1.165) is 28.6 Å². The fourth-order valence-corrected chi connectivity index (χ4v) is 4.01. The highest BCUT2D eigenvalue weighted by Crippen LogP contribution is 2.43. The van der Waals surface area contributed by atoms with E-state index in [2.05, 4.69) is 9.97 Å². The molecule has 3 rings (SSSR count). The zero-order valence-corrected chi connectivity index (χ0v) is 11.5. The maximum absolute atomic E-state index is 12.0. The Morgan fingerprint density at radius 2 is 2.56 bits per heavy atom. The molecule has 0 saturated carbocycles. The number of thiophene rings is 1. The first-order valence-corrected chi connectivity index (χ1v) is 7.10. The van der Waals surface area contributed by atoms with Crippen LogP contribution in [0.3, 0.4) is 0 Å². The lowest BCUT2D eigenvalue weighted by molar-refractivity contribution is -0.144. The molecule has 6 heteroatoms. The van der Waals surface area contributed by atoms with E-state index >= 15 is 0 Å². The van der Waals surface area contributed by atoms with Gasteiger partial charge in [-0.1, -0.05) is 12.2 Å². The number of aryl methyl sites for hydroxylation is 1. The molecule has 1 atom stereocenters. The number of hydrogen-bond donors (Lipinski definition) is 1. The second-order valence-corrected chi connectivity index (χ2v) is 5.69. The fourth-order valence-electron chi connectivity index (χ4n) is 2.46. The third-order valence-electron chi connectivity index (χ3n) is 3.19. The van der Waals surface area contributed by atoms with E-state index in [0.29, 0.717) is 11.2 Å². The van der Waals surface area contributed by atoms with Crippen molar-refractivity contribution >= 4 is 39.7 Å². The molecule has 0 amide bonds. The number of H-pyrrole nitrogens is 1. The van der Waals surface area contributed by atoms with Crippen LogP contribution >= 0.6 is 23.6 Å². The quantitative estimate of drug-likeness (QED) is 0.679. The third-order valence-corrected chi connectivity index (χ3v) is 4.68. The predicted molar refractivity (Wildman–Crippen MR) is 72.5 cm³/mol. The van der Waals surface area contributed by atoms with Crippen LogP contribution in [0.2, 0.25) is 0 Å². The van der Waals surface area contributed by atoms with Crippen molar-refractivity contribution in [2.45, 2.75) is 25.7 Å². The number of rotatable bonds is 2. The summed E-state index contributed by atoms with van der Waals surface area (Å²) in [7, 11) is 0. The van der Waals surface area contributed by atoms with E-state index < -0.39 is 0 Å². The highest BCUT2D eigenvalue weighted by atomic mass is 32.1. The third kappa shape index (κ3) is 1.67. The normalized spacial score (nSPS) is 17.9. The van der Waals surface area contributed by atoms with Gasteiger partial charge in [-0.25, -0.2) is 4.98 Å². The van der Waals surface area contributed by atoms with Gasteiger partial charge in [-0.3, -0.25) is 4.79 Å². The van der Waals surface area contributed by atoms with E-state index in [1.165, 1.54) is 4.88 Å². The van der Waals surface area contributed by atoms with Gasteiger partial charge in [0.05, 0.1) is 24.2 Å². The highest BCUT2D eigenvalue weighted by Gasteiger charge is 2.34. The monoisotopic (exact) mass is 280 g/mol. The number of carbonyl (C=O) groups excluding carboxylic acids is 1. The Bertz CT molecular complexity index is 674. The van der Waals surface area contributed by atoms with E-state index in [-0.39, 0.29) is 11.9 Å². The molecule has 0 aliphatic heterocycles. The van der Waals surface area contributed by atoms with Crippen molar-refractivity contribution in [3.63, 3.8) is 0 Å². The largest absolute Gasteiger partial charge is 0.466 e. The van der Waals surface area contributed by atoms with Crippen molar-refractivity contribution in [3.8, 4) is 0 Å². The molecule has 0 bridgehead atoms. The molecule has 18 heavy (non-hydrogen) atoms. The molecule has 4 nitrogen and oxygen atoms in total. The Labute approximate surface area is 113 Å². The van der Waals surface area contributed by atoms with Gasteiger partial charge in [-0.2, -0.15) is 0 Å². The molecule has 0 fully saturated rings. The summed E-state index contributed by atoms with van der Waals surface area (Å²) < 4.78 is 5.80. The summed E-state index contributed by atoms with van der Waals surface area (Å²) in [6.07, 6.45) is 3.34. The van der Waals surface area contributed by atoms with Crippen molar-refractivity contribution in [2.75, 3.05) is 6.61 Å². The van der Waals surface area contributed by atoms with E-state index in [9.17, 15) is 4.79 Å². The first kappa shape index (κ1) is 11.8. The molecular formula is C12H12N2O2S2. The number of aromatic amines is 1. The van der Waals surface area contributed by atoms with Crippen LogP contribution in [-0.4, -0.2) is 22.5 Å². The van der Waals surface area contributed by atoms with Gasteiger partial charge in [0.1, 0.15) is 9.47 Å². The molecule has 0 spiro atoms. The topological polar surface area (TPSA) is 55.0 Å². The summed E-state index contributed by atoms with van der Waals surface area (Å²) in [5, 5.41) is 0.933. The minimum atomic E-state index is -0.173. The van der Waals surface area contributed by atoms with Crippen LogP contribution in [0, 0.1) is 4.64 Å². The molecule has 1 aliphatic rings. The molecule has 0 radical (unpaired) electrons. The van der Waals surface area contributed by atoms with Gasteiger partial charge in [0.2, 0.25) is 0 Å². The van der Waals surface area contributed by atoms with Crippen LogP contribution < -0.4 is 0 Å². The molecule has 1 aliphatic carbocycles. The fraction of sp³-hybridized carbons (Fsp3) is 0.417. The lowest BCUT2D eigenvalue weighted by Crippen LogP contribution is -2.13. The van der Waals surface area contributed by atoms with Gasteiger partial charge < -0.3 is 9.72 Å². The summed E-state index contributed by atoms with van der Waals surface area (Å²) in [4.78, 5) is 21.3. The Morgan fingerprint density at radius 3 is 3.33 bits per heavy atom. The molecule has 94 valence electrons. The number of aromatic nitrogens is 2. The molecule has 2 heterocycles.